The lowest BCUT2D eigenvalue weighted by Crippen LogP contribution is -2.49. The van der Waals surface area contributed by atoms with Crippen LogP contribution in [0.5, 0.6) is 0 Å². The number of amides is 1. The first-order valence-electron chi connectivity index (χ1n) is 7.18. The van der Waals surface area contributed by atoms with E-state index in [2.05, 4.69) is 29.4 Å². The van der Waals surface area contributed by atoms with Gasteiger partial charge in [0.1, 0.15) is 0 Å². The fourth-order valence-corrected chi connectivity index (χ4v) is 2.11. The minimum absolute atomic E-state index is 0. The van der Waals surface area contributed by atoms with E-state index in [0.29, 0.717) is 0 Å². The van der Waals surface area contributed by atoms with Gasteiger partial charge in [-0.1, -0.05) is 44.2 Å². The molecular formula is C16H28ClN3O. The third-order valence-corrected chi connectivity index (χ3v) is 3.29. The maximum absolute atomic E-state index is 11.9. The van der Waals surface area contributed by atoms with Crippen LogP contribution in [0.3, 0.4) is 0 Å². The highest BCUT2D eigenvalue weighted by atomic mass is 35.5. The summed E-state index contributed by atoms with van der Waals surface area (Å²) in [4.78, 5) is 14.1. The normalized spacial score (nSPS) is 13.7. The standard InChI is InChI=1S/C16H27N3O.ClH/c1-12(2)15(17)16(20)18-13(3)10-19(4)11-14-8-6-5-7-9-14;/h5-9,12-13,15H,10-11,17H2,1-4H3,(H,18,20);1H/t13?,15-;/m1./s1. The minimum Gasteiger partial charge on any atom is -0.351 e. The molecule has 0 aliphatic heterocycles. The molecule has 120 valence electrons. The molecule has 1 amide bonds. The van der Waals surface area contributed by atoms with Crippen molar-refractivity contribution in [2.75, 3.05) is 13.6 Å². The van der Waals surface area contributed by atoms with Crippen molar-refractivity contribution < 1.29 is 4.79 Å². The zero-order valence-corrected chi connectivity index (χ0v) is 14.2. The molecule has 0 bridgehead atoms. The topological polar surface area (TPSA) is 58.4 Å². The van der Waals surface area contributed by atoms with Crippen LogP contribution >= 0.6 is 12.4 Å². The predicted octanol–water partition coefficient (Wildman–Crippen LogP) is 2.03. The van der Waals surface area contributed by atoms with Gasteiger partial charge in [0.15, 0.2) is 0 Å². The second-order valence-corrected chi connectivity index (χ2v) is 5.86. The molecule has 2 atom stereocenters. The van der Waals surface area contributed by atoms with Gasteiger partial charge in [-0.3, -0.25) is 4.79 Å². The van der Waals surface area contributed by atoms with Crippen molar-refractivity contribution in [3.05, 3.63) is 35.9 Å². The summed E-state index contributed by atoms with van der Waals surface area (Å²) in [6.07, 6.45) is 0. The Morgan fingerprint density at radius 3 is 2.33 bits per heavy atom. The minimum atomic E-state index is -0.433. The first kappa shape index (κ1) is 19.9. The molecule has 0 aliphatic carbocycles. The third-order valence-electron chi connectivity index (χ3n) is 3.29. The summed E-state index contributed by atoms with van der Waals surface area (Å²) in [5.41, 5.74) is 7.11. The summed E-state index contributed by atoms with van der Waals surface area (Å²) in [7, 11) is 2.05. The molecule has 0 aromatic heterocycles. The van der Waals surface area contributed by atoms with Gasteiger partial charge >= 0.3 is 0 Å². The molecular weight excluding hydrogens is 286 g/mol. The van der Waals surface area contributed by atoms with Crippen molar-refractivity contribution in [1.29, 1.82) is 0 Å². The lowest BCUT2D eigenvalue weighted by atomic mass is 10.0. The first-order chi connectivity index (χ1) is 9.40. The van der Waals surface area contributed by atoms with Crippen LogP contribution in [0.2, 0.25) is 0 Å². The van der Waals surface area contributed by atoms with E-state index in [1.165, 1.54) is 5.56 Å². The van der Waals surface area contributed by atoms with E-state index in [9.17, 15) is 4.79 Å². The van der Waals surface area contributed by atoms with Crippen molar-refractivity contribution in [1.82, 2.24) is 10.2 Å². The monoisotopic (exact) mass is 313 g/mol. The average Bonchev–Trinajstić information content (AvgIpc) is 2.38. The number of hydrogen-bond donors (Lipinski definition) is 2. The molecule has 1 aromatic carbocycles. The molecule has 1 aromatic rings. The van der Waals surface area contributed by atoms with Gasteiger partial charge in [0, 0.05) is 19.1 Å². The molecule has 0 aliphatic rings. The molecule has 0 saturated carbocycles. The Morgan fingerprint density at radius 2 is 1.81 bits per heavy atom. The third kappa shape index (κ3) is 7.46. The lowest BCUT2D eigenvalue weighted by Gasteiger charge is -2.24. The van der Waals surface area contributed by atoms with Gasteiger partial charge in [0.05, 0.1) is 6.04 Å². The maximum atomic E-state index is 11.9. The number of rotatable bonds is 7. The van der Waals surface area contributed by atoms with E-state index in [0.717, 1.165) is 13.1 Å². The number of nitrogens with two attached hydrogens (primary N) is 1. The summed E-state index contributed by atoms with van der Waals surface area (Å²) < 4.78 is 0. The van der Waals surface area contributed by atoms with Gasteiger partial charge in [-0.05, 0) is 25.5 Å². The molecule has 0 heterocycles. The Labute approximate surface area is 134 Å². The zero-order valence-electron chi connectivity index (χ0n) is 13.4. The smallest absolute Gasteiger partial charge is 0.237 e. The highest BCUT2D eigenvalue weighted by Crippen LogP contribution is 2.04. The number of benzene rings is 1. The Balaban J connectivity index is 0.00000400. The van der Waals surface area contributed by atoms with E-state index in [-0.39, 0.29) is 30.3 Å². The van der Waals surface area contributed by atoms with Crippen molar-refractivity contribution in [2.45, 2.75) is 39.4 Å². The lowest BCUT2D eigenvalue weighted by molar-refractivity contribution is -0.123. The van der Waals surface area contributed by atoms with E-state index < -0.39 is 6.04 Å². The SMILES string of the molecule is CC(CN(C)Cc1ccccc1)NC(=O)[C@H](N)C(C)C.Cl. The number of carbonyl (C=O) groups excluding carboxylic acids is 1. The van der Waals surface area contributed by atoms with Crippen LogP contribution in [0.1, 0.15) is 26.3 Å². The van der Waals surface area contributed by atoms with E-state index in [1.807, 2.05) is 39.0 Å². The number of likely N-dealkylation sites (N-methyl/N-ethyl adjacent to an activating group) is 1. The number of halogens is 1. The van der Waals surface area contributed by atoms with Crippen molar-refractivity contribution in [3.8, 4) is 0 Å². The summed E-state index contributed by atoms with van der Waals surface area (Å²) >= 11 is 0. The number of nitrogens with one attached hydrogen (secondary N) is 1. The number of hydrogen-bond acceptors (Lipinski definition) is 3. The molecule has 0 spiro atoms. The van der Waals surface area contributed by atoms with Gasteiger partial charge in [0.25, 0.3) is 0 Å². The second kappa shape index (κ2) is 9.77. The maximum Gasteiger partial charge on any atom is 0.237 e. The summed E-state index contributed by atoms with van der Waals surface area (Å²) in [6, 6.07) is 9.95. The summed E-state index contributed by atoms with van der Waals surface area (Å²) in [6.45, 7) is 7.59. The molecule has 3 N–H and O–H groups in total. The van der Waals surface area contributed by atoms with E-state index in [1.54, 1.807) is 0 Å². The fourth-order valence-electron chi connectivity index (χ4n) is 2.11. The molecule has 4 nitrogen and oxygen atoms in total. The van der Waals surface area contributed by atoms with E-state index >= 15 is 0 Å². The van der Waals surface area contributed by atoms with Gasteiger partial charge in [-0.2, -0.15) is 0 Å². The van der Waals surface area contributed by atoms with Crippen LogP contribution in [0.4, 0.5) is 0 Å². The van der Waals surface area contributed by atoms with E-state index in [4.69, 9.17) is 5.73 Å². The Bertz CT molecular complexity index is 411. The van der Waals surface area contributed by atoms with Crippen molar-refractivity contribution >= 4 is 18.3 Å². The highest BCUT2D eigenvalue weighted by molar-refractivity contribution is 5.85. The number of nitrogens with zero attached hydrogens (tertiary/aromatic N) is 1. The Kier molecular flexibility index (Phi) is 9.26. The van der Waals surface area contributed by atoms with Crippen LogP contribution < -0.4 is 11.1 Å². The summed E-state index contributed by atoms with van der Waals surface area (Å²) in [5, 5.41) is 2.97. The van der Waals surface area contributed by atoms with Gasteiger partial charge in [-0.15, -0.1) is 12.4 Å². The van der Waals surface area contributed by atoms with Crippen molar-refractivity contribution in [3.63, 3.8) is 0 Å². The molecule has 1 unspecified atom stereocenters. The molecule has 5 heteroatoms. The van der Waals surface area contributed by atoms with Crippen molar-refractivity contribution in [2.24, 2.45) is 11.7 Å². The number of carbonyl (C=O) groups is 1. The van der Waals surface area contributed by atoms with Crippen LogP contribution in [-0.2, 0) is 11.3 Å². The Hall–Kier alpha value is -1.10. The molecule has 1 rings (SSSR count). The quantitative estimate of drug-likeness (QED) is 0.810. The second-order valence-electron chi connectivity index (χ2n) is 5.86. The van der Waals surface area contributed by atoms with Gasteiger partial charge < -0.3 is 16.0 Å². The Morgan fingerprint density at radius 1 is 1.24 bits per heavy atom. The van der Waals surface area contributed by atoms with Gasteiger partial charge in [0.2, 0.25) is 5.91 Å². The van der Waals surface area contributed by atoms with Crippen LogP contribution in [0.15, 0.2) is 30.3 Å². The molecule has 0 radical (unpaired) electrons. The fraction of sp³-hybridized carbons (Fsp3) is 0.562. The van der Waals surface area contributed by atoms with Crippen LogP contribution in [0.25, 0.3) is 0 Å². The molecule has 0 fully saturated rings. The average molecular weight is 314 g/mol. The largest absolute Gasteiger partial charge is 0.351 e. The highest BCUT2D eigenvalue weighted by Gasteiger charge is 2.19. The van der Waals surface area contributed by atoms with Crippen LogP contribution in [-0.4, -0.2) is 36.5 Å². The molecule has 21 heavy (non-hydrogen) atoms. The zero-order chi connectivity index (χ0) is 15.1. The predicted molar refractivity (Wildman–Crippen MR) is 90.4 cm³/mol. The summed E-state index contributed by atoms with van der Waals surface area (Å²) in [5.74, 6) is 0.0878. The van der Waals surface area contributed by atoms with Crippen LogP contribution in [0, 0.1) is 5.92 Å². The van der Waals surface area contributed by atoms with Gasteiger partial charge in [-0.25, -0.2) is 0 Å². The first-order valence-corrected chi connectivity index (χ1v) is 7.18. The molecule has 0 saturated heterocycles.